The standard InChI is InChI=1S/C9H18N2O/c1-8(2)11-5-3-4-9(6-11)10-7-12/h7-9H,3-6H2,1-2H3,(H,10,12)/t9-/m1/s1. The molecule has 0 spiro atoms. The molecule has 1 fully saturated rings. The summed E-state index contributed by atoms with van der Waals surface area (Å²) in [6, 6.07) is 0.972. The number of carbonyl (C=O) groups is 1. The van der Waals surface area contributed by atoms with Crippen molar-refractivity contribution >= 4 is 6.41 Å². The van der Waals surface area contributed by atoms with Crippen molar-refractivity contribution in [2.45, 2.75) is 38.8 Å². The van der Waals surface area contributed by atoms with Gasteiger partial charge in [-0.15, -0.1) is 0 Å². The molecule has 70 valence electrons. The first-order valence-corrected chi connectivity index (χ1v) is 4.67. The van der Waals surface area contributed by atoms with Gasteiger partial charge in [0.05, 0.1) is 0 Å². The molecule has 1 amide bonds. The Bertz CT molecular complexity index is 147. The summed E-state index contributed by atoms with van der Waals surface area (Å²) in [5.41, 5.74) is 0. The van der Waals surface area contributed by atoms with Gasteiger partial charge < -0.3 is 5.32 Å². The third-order valence-corrected chi connectivity index (χ3v) is 2.49. The summed E-state index contributed by atoms with van der Waals surface area (Å²) < 4.78 is 0. The highest BCUT2D eigenvalue weighted by Gasteiger charge is 2.20. The van der Waals surface area contributed by atoms with Gasteiger partial charge in [-0.05, 0) is 33.2 Å². The van der Waals surface area contributed by atoms with Crippen molar-refractivity contribution in [3.63, 3.8) is 0 Å². The van der Waals surface area contributed by atoms with E-state index in [-0.39, 0.29) is 0 Å². The number of likely N-dealkylation sites (tertiary alicyclic amines) is 1. The Hall–Kier alpha value is -0.570. The molecular formula is C9H18N2O. The van der Waals surface area contributed by atoms with Gasteiger partial charge in [-0.3, -0.25) is 9.69 Å². The van der Waals surface area contributed by atoms with Gasteiger partial charge in [0.1, 0.15) is 0 Å². The van der Waals surface area contributed by atoms with Crippen molar-refractivity contribution in [2.75, 3.05) is 13.1 Å². The van der Waals surface area contributed by atoms with Gasteiger partial charge in [0, 0.05) is 18.6 Å². The van der Waals surface area contributed by atoms with Crippen LogP contribution in [-0.4, -0.2) is 36.5 Å². The Kier molecular flexibility index (Phi) is 3.53. The number of rotatable bonds is 3. The molecule has 0 aliphatic carbocycles. The maximum atomic E-state index is 10.2. The van der Waals surface area contributed by atoms with Crippen LogP contribution in [0.1, 0.15) is 26.7 Å². The van der Waals surface area contributed by atoms with E-state index in [1.807, 2.05) is 0 Å². The van der Waals surface area contributed by atoms with Crippen LogP contribution < -0.4 is 5.32 Å². The molecule has 3 heteroatoms. The van der Waals surface area contributed by atoms with Gasteiger partial charge in [-0.1, -0.05) is 0 Å². The van der Waals surface area contributed by atoms with E-state index < -0.39 is 0 Å². The van der Waals surface area contributed by atoms with Gasteiger partial charge in [0.25, 0.3) is 0 Å². The Morgan fingerprint density at radius 1 is 1.58 bits per heavy atom. The Morgan fingerprint density at radius 2 is 2.33 bits per heavy atom. The monoisotopic (exact) mass is 170 g/mol. The molecule has 1 N–H and O–H groups in total. The second-order valence-corrected chi connectivity index (χ2v) is 3.71. The van der Waals surface area contributed by atoms with Gasteiger partial charge in [0.2, 0.25) is 6.41 Å². The van der Waals surface area contributed by atoms with Crippen molar-refractivity contribution in [1.82, 2.24) is 10.2 Å². The zero-order valence-electron chi connectivity index (χ0n) is 7.92. The SMILES string of the molecule is CC(C)N1CCC[C@@H](NC=O)C1. The van der Waals surface area contributed by atoms with Crippen LogP contribution in [0.4, 0.5) is 0 Å². The fourth-order valence-electron chi connectivity index (χ4n) is 1.71. The first-order chi connectivity index (χ1) is 5.74. The minimum absolute atomic E-state index is 0.374. The first kappa shape index (κ1) is 9.52. The Morgan fingerprint density at radius 3 is 2.92 bits per heavy atom. The second-order valence-electron chi connectivity index (χ2n) is 3.71. The summed E-state index contributed by atoms with van der Waals surface area (Å²) in [4.78, 5) is 12.6. The minimum atomic E-state index is 0.374. The average molecular weight is 170 g/mol. The fourth-order valence-corrected chi connectivity index (χ4v) is 1.71. The van der Waals surface area contributed by atoms with Gasteiger partial charge in [-0.25, -0.2) is 0 Å². The molecule has 1 aliphatic heterocycles. The number of amides is 1. The number of piperidine rings is 1. The summed E-state index contributed by atoms with van der Waals surface area (Å²) in [5.74, 6) is 0. The lowest BCUT2D eigenvalue weighted by Crippen LogP contribution is -2.47. The first-order valence-electron chi connectivity index (χ1n) is 4.67. The average Bonchev–Trinajstić information content (AvgIpc) is 2.05. The molecule has 3 nitrogen and oxygen atoms in total. The van der Waals surface area contributed by atoms with Gasteiger partial charge in [-0.2, -0.15) is 0 Å². The lowest BCUT2D eigenvalue weighted by molar-refractivity contribution is -0.110. The molecule has 1 saturated heterocycles. The highest BCUT2D eigenvalue weighted by atomic mass is 16.1. The predicted molar refractivity (Wildman–Crippen MR) is 48.9 cm³/mol. The largest absolute Gasteiger partial charge is 0.355 e. The molecule has 0 unspecified atom stereocenters. The van der Waals surface area contributed by atoms with Gasteiger partial charge >= 0.3 is 0 Å². The van der Waals surface area contributed by atoms with Crippen LogP contribution in [0.3, 0.4) is 0 Å². The molecule has 1 heterocycles. The maximum absolute atomic E-state index is 10.2. The van der Waals surface area contributed by atoms with Crippen LogP contribution >= 0.6 is 0 Å². The lowest BCUT2D eigenvalue weighted by Gasteiger charge is -2.34. The normalized spacial score (nSPS) is 25.8. The Balaban J connectivity index is 2.34. The van der Waals surface area contributed by atoms with E-state index in [0.29, 0.717) is 12.1 Å². The molecule has 1 aliphatic rings. The van der Waals surface area contributed by atoms with E-state index in [9.17, 15) is 4.79 Å². The van der Waals surface area contributed by atoms with Crippen LogP contribution in [0.15, 0.2) is 0 Å². The molecule has 1 rings (SSSR count). The molecular weight excluding hydrogens is 152 g/mol. The van der Waals surface area contributed by atoms with Crippen LogP contribution in [-0.2, 0) is 4.79 Å². The molecule has 0 aromatic heterocycles. The summed E-state index contributed by atoms with van der Waals surface area (Å²) in [6.45, 7) is 6.58. The van der Waals surface area contributed by atoms with Gasteiger partial charge in [0.15, 0.2) is 0 Å². The summed E-state index contributed by atoms with van der Waals surface area (Å²) in [6.07, 6.45) is 3.14. The molecule has 12 heavy (non-hydrogen) atoms. The van der Waals surface area contributed by atoms with Crippen LogP contribution in [0.5, 0.6) is 0 Å². The van der Waals surface area contributed by atoms with Crippen LogP contribution in [0, 0.1) is 0 Å². The molecule has 0 radical (unpaired) electrons. The Labute approximate surface area is 74.1 Å². The molecule has 0 bridgehead atoms. The topological polar surface area (TPSA) is 32.3 Å². The minimum Gasteiger partial charge on any atom is -0.355 e. The second kappa shape index (κ2) is 4.45. The fraction of sp³-hybridized carbons (Fsp3) is 0.889. The van der Waals surface area contributed by atoms with E-state index >= 15 is 0 Å². The van der Waals surface area contributed by atoms with Crippen molar-refractivity contribution < 1.29 is 4.79 Å². The molecule has 0 aromatic carbocycles. The van der Waals surface area contributed by atoms with E-state index in [1.54, 1.807) is 0 Å². The smallest absolute Gasteiger partial charge is 0.207 e. The molecule has 1 atom stereocenters. The predicted octanol–water partition coefficient (Wildman–Crippen LogP) is 0.605. The molecule has 0 saturated carbocycles. The van der Waals surface area contributed by atoms with Crippen molar-refractivity contribution in [3.05, 3.63) is 0 Å². The van der Waals surface area contributed by atoms with Crippen LogP contribution in [0.2, 0.25) is 0 Å². The zero-order valence-corrected chi connectivity index (χ0v) is 7.92. The summed E-state index contributed by atoms with van der Waals surface area (Å²) >= 11 is 0. The third-order valence-electron chi connectivity index (χ3n) is 2.49. The third kappa shape index (κ3) is 2.48. The maximum Gasteiger partial charge on any atom is 0.207 e. The number of nitrogens with zero attached hydrogens (tertiary/aromatic N) is 1. The van der Waals surface area contributed by atoms with Crippen molar-refractivity contribution in [1.29, 1.82) is 0 Å². The summed E-state index contributed by atoms with van der Waals surface area (Å²) in [5, 5.41) is 2.85. The highest BCUT2D eigenvalue weighted by molar-refractivity contribution is 5.46. The van der Waals surface area contributed by atoms with E-state index in [1.165, 1.54) is 13.0 Å². The number of nitrogens with one attached hydrogen (secondary N) is 1. The zero-order chi connectivity index (χ0) is 8.97. The number of hydrogen-bond donors (Lipinski definition) is 1. The number of carbonyl (C=O) groups excluding carboxylic acids is 1. The van der Waals surface area contributed by atoms with E-state index in [4.69, 9.17) is 0 Å². The number of hydrogen-bond acceptors (Lipinski definition) is 2. The van der Waals surface area contributed by atoms with Crippen LogP contribution in [0.25, 0.3) is 0 Å². The van der Waals surface area contributed by atoms with E-state index in [0.717, 1.165) is 19.4 Å². The van der Waals surface area contributed by atoms with Crippen molar-refractivity contribution in [3.8, 4) is 0 Å². The lowest BCUT2D eigenvalue weighted by atomic mass is 10.0. The quantitative estimate of drug-likeness (QED) is 0.629. The summed E-state index contributed by atoms with van der Waals surface area (Å²) in [7, 11) is 0. The van der Waals surface area contributed by atoms with E-state index in [2.05, 4.69) is 24.1 Å². The van der Waals surface area contributed by atoms with Crippen molar-refractivity contribution in [2.24, 2.45) is 0 Å². The molecule has 0 aromatic rings. The highest BCUT2D eigenvalue weighted by Crippen LogP contribution is 2.11.